The third kappa shape index (κ3) is 3.74. The number of rotatable bonds is 7. The van der Waals surface area contributed by atoms with Crippen LogP contribution in [-0.2, 0) is 6.61 Å². The van der Waals surface area contributed by atoms with Crippen molar-refractivity contribution >= 4 is 43.7 Å². The van der Waals surface area contributed by atoms with Crippen LogP contribution in [0.4, 0.5) is 5.13 Å². The van der Waals surface area contributed by atoms with E-state index in [4.69, 9.17) is 23.6 Å². The average molecular weight is 498 g/mol. The van der Waals surface area contributed by atoms with Crippen molar-refractivity contribution in [1.82, 2.24) is 19.6 Å². The number of ether oxygens (including phenoxy) is 3. The molecule has 5 heterocycles. The van der Waals surface area contributed by atoms with Gasteiger partial charge in [-0.05, 0) is 37.2 Å². The van der Waals surface area contributed by atoms with Crippen LogP contribution in [-0.4, -0.2) is 46.4 Å². The number of methoxy groups -OCH3 is 2. The summed E-state index contributed by atoms with van der Waals surface area (Å²) >= 11 is 3.04. The second-order valence-corrected chi connectivity index (χ2v) is 9.92. The Morgan fingerprint density at radius 1 is 1.18 bits per heavy atom. The first-order chi connectivity index (χ1) is 16.6. The molecule has 0 radical (unpaired) electrons. The van der Waals surface area contributed by atoms with E-state index in [9.17, 15) is 0 Å². The van der Waals surface area contributed by atoms with Crippen molar-refractivity contribution in [2.75, 3.05) is 25.7 Å². The van der Waals surface area contributed by atoms with Crippen LogP contribution in [0.3, 0.4) is 0 Å². The van der Waals surface area contributed by atoms with Gasteiger partial charge in [-0.1, -0.05) is 0 Å². The van der Waals surface area contributed by atoms with Gasteiger partial charge in [0.25, 0.3) is 5.19 Å². The summed E-state index contributed by atoms with van der Waals surface area (Å²) in [5, 5.41) is 8.87. The van der Waals surface area contributed by atoms with Crippen molar-refractivity contribution in [2.45, 2.75) is 32.4 Å². The fraction of sp³-hybridized carbons (Fsp3) is 0.348. The molecule has 1 aromatic carbocycles. The average Bonchev–Trinajstić information content (AvgIpc) is 3.64. The molecule has 0 unspecified atom stereocenters. The first-order valence-corrected chi connectivity index (χ1v) is 12.7. The fourth-order valence-electron chi connectivity index (χ4n) is 4.19. The van der Waals surface area contributed by atoms with Crippen LogP contribution in [0.15, 0.2) is 34.2 Å². The highest BCUT2D eigenvalue weighted by molar-refractivity contribution is 7.18. The molecule has 34 heavy (non-hydrogen) atoms. The minimum absolute atomic E-state index is 0.366. The van der Waals surface area contributed by atoms with E-state index in [0.29, 0.717) is 46.4 Å². The third-order valence-electron chi connectivity index (χ3n) is 5.97. The number of fused-ring (bicyclic) bond motifs is 2. The van der Waals surface area contributed by atoms with Crippen molar-refractivity contribution in [2.24, 2.45) is 0 Å². The highest BCUT2D eigenvalue weighted by Crippen LogP contribution is 2.38. The lowest BCUT2D eigenvalue weighted by Crippen LogP contribution is -2.26. The molecular weight excluding hydrogens is 474 g/mol. The number of aromatic nitrogens is 4. The third-order valence-corrected chi connectivity index (χ3v) is 7.78. The molecule has 0 aliphatic carbocycles. The molecule has 4 aromatic heterocycles. The predicted octanol–water partition coefficient (Wildman–Crippen LogP) is 5.25. The van der Waals surface area contributed by atoms with Gasteiger partial charge in [0.05, 0.1) is 31.5 Å². The van der Waals surface area contributed by atoms with Crippen LogP contribution in [0.5, 0.6) is 16.7 Å². The van der Waals surface area contributed by atoms with Gasteiger partial charge < -0.3 is 23.5 Å². The van der Waals surface area contributed by atoms with Gasteiger partial charge >= 0.3 is 0 Å². The summed E-state index contributed by atoms with van der Waals surface area (Å²) in [6.07, 6.45) is 4.25. The largest absolute Gasteiger partial charge is 0.496 e. The minimum atomic E-state index is 0.366. The molecule has 0 spiro atoms. The molecule has 0 bridgehead atoms. The Labute approximate surface area is 203 Å². The highest BCUT2D eigenvalue weighted by atomic mass is 32.1. The Hall–Kier alpha value is -3.31. The number of furan rings is 1. The molecule has 0 N–H and O–H groups in total. The molecule has 176 valence electrons. The maximum atomic E-state index is 6.21. The summed E-state index contributed by atoms with van der Waals surface area (Å²) < 4.78 is 24.7. The van der Waals surface area contributed by atoms with Crippen LogP contribution >= 0.6 is 22.7 Å². The summed E-state index contributed by atoms with van der Waals surface area (Å²) in [6, 6.07) is 6.19. The molecule has 0 amide bonds. The number of benzene rings is 1. The van der Waals surface area contributed by atoms with Gasteiger partial charge in [-0.15, -0.1) is 16.4 Å². The first-order valence-electron chi connectivity index (χ1n) is 11.0. The molecule has 6 rings (SSSR count). The Balaban J connectivity index is 1.28. The summed E-state index contributed by atoms with van der Waals surface area (Å²) in [5.74, 6) is 1.96. The van der Waals surface area contributed by atoms with Gasteiger partial charge in [-0.25, -0.2) is 14.5 Å². The number of hydrogen-bond donors (Lipinski definition) is 0. The number of nitrogens with zero attached hydrogens (tertiary/aromatic N) is 5. The molecule has 1 aliphatic heterocycles. The van der Waals surface area contributed by atoms with E-state index in [-0.39, 0.29) is 0 Å². The van der Waals surface area contributed by atoms with Crippen LogP contribution < -0.4 is 19.1 Å². The van der Waals surface area contributed by atoms with Gasteiger partial charge in [0, 0.05) is 30.1 Å². The van der Waals surface area contributed by atoms with Crippen LogP contribution in [0.2, 0.25) is 0 Å². The Kier molecular flexibility index (Phi) is 5.30. The Morgan fingerprint density at radius 2 is 2.09 bits per heavy atom. The van der Waals surface area contributed by atoms with Crippen LogP contribution in [0, 0.1) is 0 Å². The number of thiazole rings is 1. The zero-order valence-electron chi connectivity index (χ0n) is 19.0. The fourth-order valence-corrected chi connectivity index (χ4v) is 5.83. The van der Waals surface area contributed by atoms with E-state index in [0.717, 1.165) is 27.7 Å². The number of anilines is 1. The van der Waals surface area contributed by atoms with Crippen LogP contribution in [0.25, 0.3) is 27.4 Å². The van der Waals surface area contributed by atoms with Gasteiger partial charge in [-0.3, -0.25) is 0 Å². The molecule has 1 atom stereocenters. The highest BCUT2D eigenvalue weighted by Gasteiger charge is 2.23. The van der Waals surface area contributed by atoms with E-state index in [1.807, 2.05) is 24.4 Å². The first kappa shape index (κ1) is 21.2. The molecule has 1 saturated heterocycles. The molecule has 5 aromatic rings. The zero-order valence-corrected chi connectivity index (χ0v) is 20.6. The maximum Gasteiger partial charge on any atom is 0.294 e. The molecule has 1 aliphatic rings. The second-order valence-electron chi connectivity index (χ2n) is 8.17. The van der Waals surface area contributed by atoms with Crippen molar-refractivity contribution in [1.29, 1.82) is 0 Å². The smallest absolute Gasteiger partial charge is 0.294 e. The topological polar surface area (TPSA) is 87.2 Å². The lowest BCUT2D eigenvalue weighted by atomic mass is 10.2. The summed E-state index contributed by atoms with van der Waals surface area (Å²) in [4.78, 5) is 12.5. The quantitative estimate of drug-likeness (QED) is 0.302. The van der Waals surface area contributed by atoms with E-state index in [2.05, 4.69) is 27.3 Å². The Morgan fingerprint density at radius 3 is 2.85 bits per heavy atom. The van der Waals surface area contributed by atoms with E-state index >= 15 is 0 Å². The molecule has 11 heteroatoms. The van der Waals surface area contributed by atoms with E-state index in [1.54, 1.807) is 30.1 Å². The lowest BCUT2D eigenvalue weighted by molar-refractivity contribution is 0.303. The molecule has 1 fully saturated rings. The summed E-state index contributed by atoms with van der Waals surface area (Å²) in [5.41, 5.74) is 2.26. The second kappa shape index (κ2) is 8.48. The van der Waals surface area contributed by atoms with Gasteiger partial charge in [0.15, 0.2) is 10.9 Å². The number of imidazole rings is 1. The standard InChI is InChI=1S/C23H23N5O4S2/c1-13-5-4-6-27(13)21-24-14(12-33-21)11-31-18-7-15(29-2)8-19-16(18)9-20(32-19)17-10-28-22(25-17)34-23(26-28)30-3/h7-10,12-13H,4-6,11H2,1-3H3/t13-/m1/s1. The van der Waals surface area contributed by atoms with Gasteiger partial charge in [0.2, 0.25) is 4.96 Å². The SMILES string of the molecule is COc1cc(OCc2csc(N3CCC[C@H]3C)n2)c2cc(-c3cn4nc(OC)sc4n3)oc2c1. The van der Waals surface area contributed by atoms with Crippen LogP contribution in [0.1, 0.15) is 25.5 Å². The normalized spacial score (nSPS) is 16.1. The van der Waals surface area contributed by atoms with Crippen molar-refractivity contribution in [3.63, 3.8) is 0 Å². The molecule has 0 saturated carbocycles. The van der Waals surface area contributed by atoms with E-state index in [1.165, 1.54) is 24.2 Å². The minimum Gasteiger partial charge on any atom is -0.496 e. The van der Waals surface area contributed by atoms with E-state index < -0.39 is 0 Å². The summed E-state index contributed by atoms with van der Waals surface area (Å²) in [6.45, 7) is 3.69. The van der Waals surface area contributed by atoms with Gasteiger partial charge in [0.1, 0.15) is 29.4 Å². The monoisotopic (exact) mass is 497 g/mol. The maximum absolute atomic E-state index is 6.21. The summed E-state index contributed by atoms with van der Waals surface area (Å²) in [7, 11) is 3.22. The van der Waals surface area contributed by atoms with Crippen molar-refractivity contribution in [3.8, 4) is 28.1 Å². The Bertz CT molecular complexity index is 1440. The zero-order chi connectivity index (χ0) is 23.2. The predicted molar refractivity (Wildman–Crippen MR) is 132 cm³/mol. The van der Waals surface area contributed by atoms with Crippen molar-refractivity contribution in [3.05, 3.63) is 35.5 Å². The molecular formula is C23H23N5O4S2. The lowest BCUT2D eigenvalue weighted by Gasteiger charge is -2.19. The number of hydrogen-bond acceptors (Lipinski definition) is 10. The van der Waals surface area contributed by atoms with Crippen molar-refractivity contribution < 1.29 is 18.6 Å². The molecule has 9 nitrogen and oxygen atoms in total. The van der Waals surface area contributed by atoms with Gasteiger partial charge in [-0.2, -0.15) is 0 Å².